The third-order valence-corrected chi connectivity index (χ3v) is 4.29. The van der Waals surface area contributed by atoms with Crippen molar-refractivity contribution >= 4 is 23.2 Å². The molecule has 1 heterocycles. The van der Waals surface area contributed by atoms with Crippen molar-refractivity contribution in [1.29, 1.82) is 0 Å². The maximum atomic E-state index is 12.6. The van der Waals surface area contributed by atoms with Crippen LogP contribution in [0.1, 0.15) is 20.7 Å². The second-order valence-corrected chi connectivity index (χ2v) is 6.28. The van der Waals surface area contributed by atoms with Crippen LogP contribution in [0, 0.1) is 0 Å². The van der Waals surface area contributed by atoms with E-state index in [1.165, 1.54) is 18.9 Å². The molecule has 0 saturated heterocycles. The van der Waals surface area contributed by atoms with Crippen LogP contribution < -0.4 is 24.8 Å². The molecule has 30 heavy (non-hydrogen) atoms. The van der Waals surface area contributed by atoms with Gasteiger partial charge in [0.05, 0.1) is 27.0 Å². The summed E-state index contributed by atoms with van der Waals surface area (Å²) in [5.74, 6) is 0.664. The van der Waals surface area contributed by atoms with E-state index in [-0.39, 0.29) is 17.7 Å². The molecule has 0 aliphatic heterocycles. The highest BCUT2D eigenvalue weighted by molar-refractivity contribution is 6.07. The number of carbonyl (C=O) groups is 2. The molecule has 3 rings (SSSR count). The molecular formula is C21H22N4O5. The lowest BCUT2D eigenvalue weighted by Crippen LogP contribution is -2.14. The number of nitrogens with zero attached hydrogens (tertiary/aromatic N) is 2. The van der Waals surface area contributed by atoms with Gasteiger partial charge in [0.25, 0.3) is 11.8 Å². The number of rotatable bonds is 7. The minimum Gasteiger partial charge on any atom is -0.497 e. The van der Waals surface area contributed by atoms with E-state index in [0.29, 0.717) is 34.0 Å². The van der Waals surface area contributed by atoms with Gasteiger partial charge in [-0.3, -0.25) is 14.3 Å². The van der Waals surface area contributed by atoms with Gasteiger partial charge < -0.3 is 24.8 Å². The Morgan fingerprint density at radius 3 is 2.27 bits per heavy atom. The Bertz CT molecular complexity index is 1060. The summed E-state index contributed by atoms with van der Waals surface area (Å²) in [5.41, 5.74) is 1.78. The van der Waals surface area contributed by atoms with Gasteiger partial charge in [0, 0.05) is 30.6 Å². The van der Waals surface area contributed by atoms with E-state index in [9.17, 15) is 9.59 Å². The van der Waals surface area contributed by atoms with E-state index in [0.717, 1.165) is 0 Å². The first kappa shape index (κ1) is 20.7. The lowest BCUT2D eigenvalue weighted by Gasteiger charge is -2.12. The zero-order valence-electron chi connectivity index (χ0n) is 17.1. The van der Waals surface area contributed by atoms with E-state index in [1.54, 1.807) is 62.8 Å². The first-order chi connectivity index (χ1) is 14.4. The number of aromatic nitrogens is 2. The third kappa shape index (κ3) is 4.52. The Hall–Kier alpha value is -4.01. The Kier molecular flexibility index (Phi) is 6.21. The topological polar surface area (TPSA) is 104 Å². The Balaban J connectivity index is 1.69. The molecule has 0 radical (unpaired) electrons. The third-order valence-electron chi connectivity index (χ3n) is 4.29. The van der Waals surface area contributed by atoms with Gasteiger partial charge in [0.2, 0.25) is 5.88 Å². The number of hydrogen-bond donors (Lipinski definition) is 2. The highest BCUT2D eigenvalue weighted by Crippen LogP contribution is 2.29. The van der Waals surface area contributed by atoms with Crippen molar-refractivity contribution in [1.82, 2.24) is 9.78 Å². The fourth-order valence-corrected chi connectivity index (χ4v) is 2.77. The van der Waals surface area contributed by atoms with Crippen LogP contribution in [0.5, 0.6) is 17.4 Å². The van der Waals surface area contributed by atoms with Crippen LogP contribution in [0.2, 0.25) is 0 Å². The van der Waals surface area contributed by atoms with Crippen molar-refractivity contribution in [3.63, 3.8) is 0 Å². The van der Waals surface area contributed by atoms with Gasteiger partial charge in [0.1, 0.15) is 17.1 Å². The first-order valence-corrected chi connectivity index (χ1v) is 8.97. The maximum absolute atomic E-state index is 12.6. The van der Waals surface area contributed by atoms with E-state index >= 15 is 0 Å². The fourth-order valence-electron chi connectivity index (χ4n) is 2.77. The number of benzene rings is 2. The summed E-state index contributed by atoms with van der Waals surface area (Å²) in [6.07, 6.45) is 1.57. The Morgan fingerprint density at radius 1 is 0.900 bits per heavy atom. The van der Waals surface area contributed by atoms with Gasteiger partial charge in [-0.25, -0.2) is 0 Å². The van der Waals surface area contributed by atoms with Crippen LogP contribution >= 0.6 is 0 Å². The monoisotopic (exact) mass is 410 g/mol. The molecule has 0 spiro atoms. The van der Waals surface area contributed by atoms with E-state index in [4.69, 9.17) is 14.2 Å². The van der Waals surface area contributed by atoms with Crippen LogP contribution in [0.15, 0.2) is 48.7 Å². The SMILES string of the molecule is COc1ccc(NC(=O)c2ccc(NC(=O)c3cn(C)nc3OC)cc2)c(OC)c1. The molecule has 0 fully saturated rings. The van der Waals surface area contributed by atoms with Crippen LogP contribution in [-0.4, -0.2) is 42.9 Å². The molecule has 2 amide bonds. The number of ether oxygens (including phenoxy) is 3. The summed E-state index contributed by atoms with van der Waals surface area (Å²) in [4.78, 5) is 25.0. The van der Waals surface area contributed by atoms with Crippen LogP contribution in [0.25, 0.3) is 0 Å². The maximum Gasteiger partial charge on any atom is 0.262 e. The van der Waals surface area contributed by atoms with Crippen molar-refractivity contribution in [3.05, 3.63) is 59.8 Å². The lowest BCUT2D eigenvalue weighted by molar-refractivity contribution is 0.101. The van der Waals surface area contributed by atoms with E-state index < -0.39 is 0 Å². The van der Waals surface area contributed by atoms with E-state index in [2.05, 4.69) is 15.7 Å². The van der Waals surface area contributed by atoms with Crippen molar-refractivity contribution in [2.45, 2.75) is 0 Å². The molecule has 3 aromatic rings. The summed E-state index contributed by atoms with van der Waals surface area (Å²) in [7, 11) is 6.21. The van der Waals surface area contributed by atoms with Crippen molar-refractivity contribution < 1.29 is 23.8 Å². The lowest BCUT2D eigenvalue weighted by atomic mass is 10.1. The smallest absolute Gasteiger partial charge is 0.262 e. The van der Waals surface area contributed by atoms with Gasteiger partial charge in [-0.05, 0) is 36.4 Å². The number of carbonyl (C=O) groups excluding carboxylic acids is 2. The zero-order valence-corrected chi connectivity index (χ0v) is 17.1. The second-order valence-electron chi connectivity index (χ2n) is 6.28. The van der Waals surface area contributed by atoms with Gasteiger partial charge in [-0.15, -0.1) is 5.10 Å². The van der Waals surface area contributed by atoms with Crippen LogP contribution in [0.3, 0.4) is 0 Å². The second kappa shape index (κ2) is 8.99. The molecule has 0 aliphatic rings. The number of nitrogens with one attached hydrogen (secondary N) is 2. The van der Waals surface area contributed by atoms with Gasteiger partial charge >= 0.3 is 0 Å². The molecule has 0 saturated carbocycles. The minimum absolute atomic E-state index is 0.236. The average Bonchev–Trinajstić information content (AvgIpc) is 3.15. The fraction of sp³-hybridized carbons (Fsp3) is 0.190. The summed E-state index contributed by atoms with van der Waals surface area (Å²) < 4.78 is 17.0. The number of anilines is 2. The predicted molar refractivity (Wildman–Crippen MR) is 112 cm³/mol. The van der Waals surface area contributed by atoms with Gasteiger partial charge in [0.15, 0.2) is 0 Å². The number of hydrogen-bond acceptors (Lipinski definition) is 6. The zero-order chi connectivity index (χ0) is 21.7. The van der Waals surface area contributed by atoms with Crippen LogP contribution in [-0.2, 0) is 7.05 Å². The van der Waals surface area contributed by atoms with Crippen molar-refractivity contribution in [2.24, 2.45) is 7.05 Å². The average molecular weight is 410 g/mol. The Labute approximate surface area is 173 Å². The largest absolute Gasteiger partial charge is 0.497 e. The summed E-state index contributed by atoms with van der Waals surface area (Å²) >= 11 is 0. The number of amides is 2. The quantitative estimate of drug-likeness (QED) is 0.621. The highest BCUT2D eigenvalue weighted by Gasteiger charge is 2.17. The molecule has 0 unspecified atom stereocenters. The van der Waals surface area contributed by atoms with E-state index in [1.807, 2.05) is 0 Å². The normalized spacial score (nSPS) is 10.3. The molecule has 1 aromatic heterocycles. The molecule has 156 valence electrons. The van der Waals surface area contributed by atoms with Gasteiger partial charge in [-0.1, -0.05) is 0 Å². The molecule has 9 nitrogen and oxygen atoms in total. The summed E-state index contributed by atoms with van der Waals surface area (Å²) in [6.45, 7) is 0. The molecule has 9 heteroatoms. The minimum atomic E-state index is -0.361. The highest BCUT2D eigenvalue weighted by atomic mass is 16.5. The molecule has 2 aromatic carbocycles. The molecular weight excluding hydrogens is 388 g/mol. The van der Waals surface area contributed by atoms with Gasteiger partial charge in [-0.2, -0.15) is 0 Å². The summed E-state index contributed by atoms with van der Waals surface area (Å²) in [5, 5.41) is 9.61. The molecule has 2 N–H and O–H groups in total. The summed E-state index contributed by atoms with van der Waals surface area (Å²) in [6, 6.07) is 11.6. The Morgan fingerprint density at radius 2 is 1.63 bits per heavy atom. The first-order valence-electron chi connectivity index (χ1n) is 8.97. The molecule has 0 bridgehead atoms. The molecule has 0 aliphatic carbocycles. The predicted octanol–water partition coefficient (Wildman–Crippen LogP) is 2.95. The van der Waals surface area contributed by atoms with Crippen molar-refractivity contribution in [3.8, 4) is 17.4 Å². The molecule has 0 atom stereocenters. The number of methoxy groups -OCH3 is 3. The van der Waals surface area contributed by atoms with Crippen molar-refractivity contribution in [2.75, 3.05) is 32.0 Å². The number of aryl methyl sites for hydroxylation is 1. The van der Waals surface area contributed by atoms with Crippen LogP contribution in [0.4, 0.5) is 11.4 Å². The standard InChI is InChI=1S/C21H22N4O5/c1-25-12-16(21(24-25)30-4)20(27)22-14-7-5-13(6-8-14)19(26)23-17-10-9-15(28-2)11-18(17)29-3/h5-12H,1-4H3,(H,22,27)(H,23,26).